The topological polar surface area (TPSA) is 54.2 Å². The Morgan fingerprint density at radius 3 is 2.56 bits per heavy atom. The third-order valence-corrected chi connectivity index (χ3v) is 5.20. The molecule has 0 aliphatic rings. The van der Waals surface area contributed by atoms with Crippen LogP contribution in [0.3, 0.4) is 0 Å². The first-order valence-electron chi connectivity index (χ1n) is 9.28. The first-order valence-corrected chi connectivity index (χ1v) is 10.7. The number of benzene rings is 1. The second-order valence-corrected chi connectivity index (χ2v) is 7.19. The maximum absolute atomic E-state index is 13.5. The quantitative estimate of drug-likeness (QED) is 0.535. The Balaban J connectivity index is 2.04. The molecule has 0 saturated carbocycles. The Kier molecular flexibility index (Phi) is 8.16. The first kappa shape index (κ1) is 21.3. The molecule has 0 aliphatic carbocycles. The van der Waals surface area contributed by atoms with Crippen molar-refractivity contribution in [3.8, 4) is 0 Å². The molecule has 0 aliphatic heterocycles. The molecule has 0 spiro atoms. The molecule has 0 radical (unpaired) electrons. The van der Waals surface area contributed by atoms with Crippen LogP contribution in [0.25, 0.3) is 0 Å². The number of guanidine groups is 1. The van der Waals surface area contributed by atoms with Gasteiger partial charge in [-0.3, -0.25) is 9.67 Å². The lowest BCUT2D eigenvalue weighted by molar-refractivity contribution is 0.625. The second kappa shape index (κ2) is 10.3. The smallest absolute Gasteiger partial charge is 0.191 e. The van der Waals surface area contributed by atoms with Crippen molar-refractivity contribution in [1.29, 1.82) is 0 Å². The van der Waals surface area contributed by atoms with E-state index in [1.54, 1.807) is 24.9 Å². The summed E-state index contributed by atoms with van der Waals surface area (Å²) in [7, 11) is 3.75. The Morgan fingerprint density at radius 2 is 1.93 bits per heavy atom. The van der Waals surface area contributed by atoms with E-state index in [4.69, 9.17) is 0 Å². The number of halogens is 1. The minimum atomic E-state index is -0.193. The van der Waals surface area contributed by atoms with Gasteiger partial charge in [0.2, 0.25) is 0 Å². The molecule has 0 unspecified atom stereocenters. The van der Waals surface area contributed by atoms with E-state index in [1.807, 2.05) is 24.1 Å². The van der Waals surface area contributed by atoms with E-state index in [2.05, 4.69) is 34.6 Å². The summed E-state index contributed by atoms with van der Waals surface area (Å²) < 4.78 is 15.5. The van der Waals surface area contributed by atoms with E-state index in [0.717, 1.165) is 41.4 Å². The molecule has 5 nitrogen and oxygen atoms in total. The Hall–Kier alpha value is -2.02. The fourth-order valence-electron chi connectivity index (χ4n) is 3.22. The van der Waals surface area contributed by atoms with E-state index >= 15 is 0 Å². The lowest BCUT2D eigenvalue weighted by atomic mass is 10.1. The zero-order valence-corrected chi connectivity index (χ0v) is 17.7. The van der Waals surface area contributed by atoms with Crippen molar-refractivity contribution < 1.29 is 4.39 Å². The van der Waals surface area contributed by atoms with Gasteiger partial charge >= 0.3 is 0 Å². The van der Waals surface area contributed by atoms with Gasteiger partial charge in [0.1, 0.15) is 5.82 Å². The maximum Gasteiger partial charge on any atom is 0.191 e. The molecular formula is C20H30FN5S. The second-order valence-electron chi connectivity index (χ2n) is 6.33. The molecule has 1 aromatic carbocycles. The summed E-state index contributed by atoms with van der Waals surface area (Å²) in [5, 5.41) is 11.3. The average Bonchev–Trinajstić information content (AvgIpc) is 2.98. The highest BCUT2D eigenvalue weighted by atomic mass is 32.2. The highest BCUT2D eigenvalue weighted by Crippen LogP contribution is 2.17. The fraction of sp³-hybridized carbons (Fsp3) is 0.500. The van der Waals surface area contributed by atoms with E-state index < -0.39 is 0 Å². The largest absolute Gasteiger partial charge is 0.352 e. The summed E-state index contributed by atoms with van der Waals surface area (Å²) in [5.74, 6) is 1.32. The van der Waals surface area contributed by atoms with Crippen LogP contribution >= 0.6 is 11.8 Å². The number of aromatic nitrogens is 2. The van der Waals surface area contributed by atoms with Crippen LogP contribution in [0.15, 0.2) is 23.2 Å². The predicted octanol–water partition coefficient (Wildman–Crippen LogP) is 3.41. The highest BCUT2D eigenvalue weighted by Gasteiger charge is 2.14. The van der Waals surface area contributed by atoms with Crippen molar-refractivity contribution in [3.63, 3.8) is 0 Å². The van der Waals surface area contributed by atoms with Crippen LogP contribution < -0.4 is 10.6 Å². The molecule has 148 valence electrons. The molecule has 0 bridgehead atoms. The molecule has 1 aromatic heterocycles. The van der Waals surface area contributed by atoms with Crippen molar-refractivity contribution in [2.45, 2.75) is 45.5 Å². The number of nitrogens with one attached hydrogen (secondary N) is 2. The molecular weight excluding hydrogens is 361 g/mol. The lowest BCUT2D eigenvalue weighted by Crippen LogP contribution is -2.36. The van der Waals surface area contributed by atoms with Crippen LogP contribution in [-0.4, -0.2) is 29.0 Å². The molecule has 27 heavy (non-hydrogen) atoms. The lowest BCUT2D eigenvalue weighted by Gasteiger charge is -2.15. The number of aryl methyl sites for hydroxylation is 2. The molecule has 2 aromatic rings. The maximum atomic E-state index is 13.5. The minimum absolute atomic E-state index is 0.193. The van der Waals surface area contributed by atoms with Crippen LogP contribution in [-0.2, 0) is 38.7 Å². The van der Waals surface area contributed by atoms with Gasteiger partial charge in [-0.2, -0.15) is 16.9 Å². The predicted molar refractivity (Wildman–Crippen MR) is 113 cm³/mol. The number of rotatable bonds is 8. The van der Waals surface area contributed by atoms with Gasteiger partial charge in [-0.1, -0.05) is 19.9 Å². The normalized spacial score (nSPS) is 11.7. The SMILES string of the molecule is CCc1nn(C)c(CC)c1CNC(=NC)NCc1ccc(F)cc1CSC. The van der Waals surface area contributed by atoms with Crippen LogP contribution in [0, 0.1) is 5.82 Å². The summed E-state index contributed by atoms with van der Waals surface area (Å²) >= 11 is 1.69. The van der Waals surface area contributed by atoms with Gasteiger partial charge in [0.25, 0.3) is 0 Å². The molecule has 0 atom stereocenters. The van der Waals surface area contributed by atoms with Crippen LogP contribution in [0.4, 0.5) is 4.39 Å². The van der Waals surface area contributed by atoms with Gasteiger partial charge in [-0.25, -0.2) is 4.39 Å². The standard InChI is InChI=1S/C20H30FN5S/c1-6-18-17(19(7-2)26(4)25-18)12-24-20(22-3)23-11-14-8-9-16(21)10-15(14)13-27-5/h8-10H,6-7,11-13H2,1-5H3,(H2,22,23,24). The van der Waals surface area contributed by atoms with Crippen LogP contribution in [0.1, 0.15) is 41.9 Å². The van der Waals surface area contributed by atoms with E-state index in [1.165, 1.54) is 17.3 Å². The van der Waals surface area contributed by atoms with E-state index in [-0.39, 0.29) is 5.82 Å². The van der Waals surface area contributed by atoms with Gasteiger partial charge < -0.3 is 10.6 Å². The molecule has 1 heterocycles. The van der Waals surface area contributed by atoms with Crippen LogP contribution in [0.5, 0.6) is 0 Å². The number of thioether (sulfide) groups is 1. The van der Waals surface area contributed by atoms with Gasteiger partial charge in [0, 0.05) is 44.2 Å². The zero-order chi connectivity index (χ0) is 19.8. The fourth-order valence-corrected chi connectivity index (χ4v) is 3.80. The highest BCUT2D eigenvalue weighted by molar-refractivity contribution is 7.97. The molecule has 2 rings (SSSR count). The molecule has 2 N–H and O–H groups in total. The summed E-state index contributed by atoms with van der Waals surface area (Å²) in [6.45, 7) is 5.56. The van der Waals surface area contributed by atoms with Crippen molar-refractivity contribution in [2.75, 3.05) is 13.3 Å². The van der Waals surface area contributed by atoms with Gasteiger partial charge in [0.05, 0.1) is 5.69 Å². The van der Waals surface area contributed by atoms with Gasteiger partial charge in [0.15, 0.2) is 5.96 Å². The van der Waals surface area contributed by atoms with E-state index in [9.17, 15) is 4.39 Å². The molecule has 0 amide bonds. The monoisotopic (exact) mass is 391 g/mol. The summed E-state index contributed by atoms with van der Waals surface area (Å²) in [4.78, 5) is 4.32. The summed E-state index contributed by atoms with van der Waals surface area (Å²) in [5.41, 5.74) is 5.71. The van der Waals surface area contributed by atoms with Gasteiger partial charge in [-0.05, 0) is 42.4 Å². The average molecular weight is 392 g/mol. The first-order chi connectivity index (χ1) is 13.0. The molecule has 7 heteroatoms. The summed E-state index contributed by atoms with van der Waals surface area (Å²) in [6, 6.07) is 4.96. The zero-order valence-electron chi connectivity index (χ0n) is 16.9. The van der Waals surface area contributed by atoms with Crippen LogP contribution in [0.2, 0.25) is 0 Å². The van der Waals surface area contributed by atoms with Gasteiger partial charge in [-0.15, -0.1) is 0 Å². The summed E-state index contributed by atoms with van der Waals surface area (Å²) in [6.07, 6.45) is 3.87. The Morgan fingerprint density at radius 1 is 1.19 bits per heavy atom. The molecule has 0 saturated heterocycles. The Bertz CT molecular complexity index is 785. The Labute approximate surface area is 165 Å². The minimum Gasteiger partial charge on any atom is -0.352 e. The molecule has 0 fully saturated rings. The van der Waals surface area contributed by atoms with E-state index in [0.29, 0.717) is 13.1 Å². The van der Waals surface area contributed by atoms with Crippen molar-refractivity contribution in [1.82, 2.24) is 20.4 Å². The van der Waals surface area contributed by atoms with Crippen molar-refractivity contribution in [3.05, 3.63) is 52.1 Å². The number of nitrogens with zero attached hydrogens (tertiary/aromatic N) is 3. The number of hydrogen-bond donors (Lipinski definition) is 2. The third kappa shape index (κ3) is 5.48. The van der Waals surface area contributed by atoms with Crippen molar-refractivity contribution in [2.24, 2.45) is 12.0 Å². The van der Waals surface area contributed by atoms with Crippen molar-refractivity contribution >= 4 is 17.7 Å². The number of aliphatic imine (C=N–C) groups is 1. The third-order valence-electron chi connectivity index (χ3n) is 4.60. The number of hydrogen-bond acceptors (Lipinski definition) is 3.